The van der Waals surface area contributed by atoms with E-state index in [0.29, 0.717) is 25.8 Å². The number of amides is 11. The van der Waals surface area contributed by atoms with E-state index in [1.807, 2.05) is 0 Å². The molecule has 0 aliphatic carbocycles. The van der Waals surface area contributed by atoms with E-state index in [1.165, 1.54) is 13.8 Å². The van der Waals surface area contributed by atoms with Crippen LogP contribution in [0.2, 0.25) is 0 Å². The molecule has 37 nitrogen and oxygen atoms in total. The molecule has 11 atom stereocenters. The van der Waals surface area contributed by atoms with E-state index < -0.39 is 228 Å². The zero-order chi connectivity index (χ0) is 67.3. The Morgan fingerprint density at radius 3 is 1.61 bits per heavy atom. The summed E-state index contributed by atoms with van der Waals surface area (Å²) in [7, 11) is -5.21. The number of nitrogens with one attached hydrogen (secondary N) is 9. The number of likely N-dealkylation sites (tertiary alicyclic amines) is 1. The van der Waals surface area contributed by atoms with Crippen LogP contribution in [-0.4, -0.2) is 227 Å². The van der Waals surface area contributed by atoms with Gasteiger partial charge in [0.1, 0.15) is 61.0 Å². The standard InChI is InChI=1S/C50H84N13O24P/c1-23(2)19-30(44(76)57-29(50(82)83)11-14-34(53)65)58-42(74)27(12-15-36(67)68)55-35(66)21-54-47(79)40(25(5)64)62-45(77)32(22-87-88(84,85)86)60-46(78)33-10-8-18-63(33)49(81)31(20-38(71)72)59-48(80)39(24(3)4)61-43(75)28(13-16-37(69)70)56-41(73)26(52)9-6-7-17-51/h23-33,39-40,64,84-86H,6-22,51-52H2,1-5H3,(H14-,53,54,55,56,57,58,59,60,61,62,65,66,67,68,69,70,71,72,73,74,75,76,77,78,79,80,82,83)/p+3/t25-,26+,27+,28+,29+,30+,31+,32+,33+,39+,40+/m1/s1. The van der Waals surface area contributed by atoms with Crippen LogP contribution in [0.3, 0.4) is 0 Å². The molecule has 0 saturated carbocycles. The lowest BCUT2D eigenvalue weighted by atomic mass is 10.0. The predicted molar refractivity (Wildman–Crippen MR) is 299 cm³/mol. The molecule has 0 unspecified atom stereocenters. The van der Waals surface area contributed by atoms with Crippen LogP contribution >= 0.6 is 8.17 Å². The number of carboxylic acids is 4. The SMILES string of the molecule is CC(C)C[C@H](NC(=O)[C@H](CCC(=O)O)NC(=O)CNC(=O)[C@@H](NC(=O)[C@H](CO[P+](O)(O)O)NC(=O)[C@@H]1CCCN1C(=O)[C@H](CC(=O)O)NC(=O)[C@@H](NC(=O)[C@H](CCC(=O)O)NC(=O)[C@@H]([NH3+])CCCC[NH3+])C(C)C)[C@@H](C)O)C(=O)N[C@@H](CCC(N)=O)C(=O)O. The normalized spacial score (nSPS) is 16.5. The molecule has 88 heavy (non-hydrogen) atoms. The van der Waals surface area contributed by atoms with E-state index in [0.717, 1.165) is 11.8 Å². The summed E-state index contributed by atoms with van der Waals surface area (Å²) in [6.07, 6.45) is -4.75. The zero-order valence-electron chi connectivity index (χ0n) is 49.5. The van der Waals surface area contributed by atoms with Crippen molar-refractivity contribution in [2.45, 2.75) is 185 Å². The third kappa shape index (κ3) is 29.7. The van der Waals surface area contributed by atoms with Crippen molar-refractivity contribution in [3.63, 3.8) is 0 Å². The molecule has 0 aromatic heterocycles. The van der Waals surface area contributed by atoms with Gasteiger partial charge in [0, 0.05) is 32.2 Å². The molecule has 1 rings (SSSR count). The Kier molecular flexibility index (Phi) is 34.2. The second-order valence-corrected chi connectivity index (χ2v) is 22.9. The molecule has 0 radical (unpaired) electrons. The van der Waals surface area contributed by atoms with E-state index in [4.69, 9.17) is 5.73 Å². The first kappa shape index (κ1) is 78.2. The van der Waals surface area contributed by atoms with E-state index >= 15 is 0 Å². The quantitative estimate of drug-likeness (QED) is 0.0199. The molecule has 1 fully saturated rings. The van der Waals surface area contributed by atoms with Crippen LogP contribution < -0.4 is 65.1 Å². The zero-order valence-corrected chi connectivity index (χ0v) is 50.4. The monoisotopic (exact) mass is 1280 g/mol. The summed E-state index contributed by atoms with van der Waals surface area (Å²) in [5, 5.41) is 68.9. The number of rotatable bonds is 42. The molecule has 11 amide bonds. The van der Waals surface area contributed by atoms with Gasteiger partial charge in [-0.15, -0.1) is 0 Å². The molecule has 0 aromatic rings. The predicted octanol–water partition coefficient (Wildman–Crippen LogP) is -8.70. The molecule has 1 heterocycles. The van der Waals surface area contributed by atoms with Gasteiger partial charge in [0.25, 0.3) is 5.91 Å². The van der Waals surface area contributed by atoms with E-state index in [9.17, 15) is 112 Å². The molecule has 0 aromatic carbocycles. The van der Waals surface area contributed by atoms with E-state index in [-0.39, 0.29) is 31.7 Å². The number of primary amides is 1. The van der Waals surface area contributed by atoms with Crippen molar-refractivity contribution in [2.75, 3.05) is 26.2 Å². The maximum absolute atomic E-state index is 14.2. The van der Waals surface area contributed by atoms with Crippen molar-refractivity contribution in [3.05, 3.63) is 0 Å². The minimum absolute atomic E-state index is 0.0516. The van der Waals surface area contributed by atoms with Crippen LogP contribution in [0.4, 0.5) is 0 Å². The number of carbonyl (C=O) groups is 15. The van der Waals surface area contributed by atoms with Gasteiger partial charge in [-0.1, -0.05) is 27.7 Å². The lowest BCUT2D eigenvalue weighted by Gasteiger charge is -2.31. The maximum atomic E-state index is 14.2. The minimum Gasteiger partial charge on any atom is -0.481 e. The van der Waals surface area contributed by atoms with Gasteiger partial charge in [-0.3, -0.25) is 67.1 Å². The summed E-state index contributed by atoms with van der Waals surface area (Å²) in [5.74, 6) is -19.1. The Bertz CT molecular complexity index is 2480. The lowest BCUT2D eigenvalue weighted by molar-refractivity contribution is -0.406. The van der Waals surface area contributed by atoms with Crippen LogP contribution in [-0.2, 0) is 76.4 Å². The number of aliphatic hydroxyl groups is 1. The molecule has 1 saturated heterocycles. The third-order valence-electron chi connectivity index (χ3n) is 13.2. The molecular weight excluding hydrogens is 1200 g/mol. The fraction of sp³-hybridized carbons (Fsp3) is 0.700. The number of carbonyl (C=O) groups excluding carboxylic acids is 11. The average molecular weight is 1290 g/mol. The van der Waals surface area contributed by atoms with Gasteiger partial charge in [0.2, 0.25) is 59.1 Å². The van der Waals surface area contributed by atoms with E-state index in [2.05, 4.69) is 63.8 Å². The molecule has 498 valence electrons. The highest BCUT2D eigenvalue weighted by molar-refractivity contribution is 7.53. The molecule has 1 aliphatic heterocycles. The maximum Gasteiger partial charge on any atom is 0.567 e. The molecule has 25 N–H and O–H groups in total. The van der Waals surface area contributed by atoms with Crippen molar-refractivity contribution >= 4 is 97.0 Å². The number of nitrogens with two attached hydrogens (primary N) is 1. The van der Waals surface area contributed by atoms with Crippen molar-refractivity contribution in [1.82, 2.24) is 52.8 Å². The number of carboxylic acid groups (broad SMARTS) is 4. The summed E-state index contributed by atoms with van der Waals surface area (Å²) >= 11 is 0. The lowest BCUT2D eigenvalue weighted by Crippen LogP contribution is -2.69. The van der Waals surface area contributed by atoms with Crippen LogP contribution in [0, 0.1) is 11.8 Å². The van der Waals surface area contributed by atoms with Gasteiger partial charge in [-0.2, -0.15) is 19.2 Å². The second-order valence-electron chi connectivity index (χ2n) is 21.6. The molecule has 38 heteroatoms. The largest absolute Gasteiger partial charge is 0.567 e. The van der Waals surface area contributed by atoms with Gasteiger partial charge in [-0.05, 0) is 70.1 Å². The van der Waals surface area contributed by atoms with Gasteiger partial charge in [0.05, 0.1) is 25.6 Å². The molecule has 1 aliphatic rings. The number of aliphatic carboxylic acids is 4. The van der Waals surface area contributed by atoms with Gasteiger partial charge in [-0.25, -0.2) is 4.79 Å². The first-order chi connectivity index (χ1) is 40.9. The van der Waals surface area contributed by atoms with Crippen LogP contribution in [0.5, 0.6) is 0 Å². The fourth-order valence-electron chi connectivity index (χ4n) is 8.59. The summed E-state index contributed by atoms with van der Waals surface area (Å²) in [4.78, 5) is 224. The summed E-state index contributed by atoms with van der Waals surface area (Å²) in [5.41, 5.74) is 12.6. The fourth-order valence-corrected chi connectivity index (χ4v) is 8.94. The first-order valence-corrected chi connectivity index (χ1v) is 29.6. The number of aliphatic hydroxyl groups excluding tert-OH is 1. The number of hydrogen-bond acceptors (Lipinski definition) is 20. The van der Waals surface area contributed by atoms with Gasteiger partial charge < -0.3 is 95.5 Å². The minimum atomic E-state index is -5.21. The Labute approximate surface area is 505 Å². The topological polar surface area (TPSA) is 620 Å². The van der Waals surface area contributed by atoms with Crippen LogP contribution in [0.15, 0.2) is 0 Å². The number of quaternary nitrogens is 2. The van der Waals surface area contributed by atoms with Gasteiger partial charge >= 0.3 is 32.0 Å². The molecule has 0 bridgehead atoms. The smallest absolute Gasteiger partial charge is 0.481 e. The van der Waals surface area contributed by atoms with Crippen LogP contribution in [0.1, 0.15) is 118 Å². The molecule has 0 spiro atoms. The first-order valence-electron chi connectivity index (χ1n) is 28.1. The van der Waals surface area contributed by atoms with Gasteiger partial charge in [0.15, 0.2) is 6.04 Å². The third-order valence-corrected chi connectivity index (χ3v) is 13.7. The Morgan fingerprint density at radius 2 is 1.10 bits per heavy atom. The van der Waals surface area contributed by atoms with Crippen molar-refractivity contribution in [1.29, 1.82) is 0 Å². The highest BCUT2D eigenvalue weighted by atomic mass is 31.2. The second kappa shape index (κ2) is 38.5. The number of nitrogens with zero attached hydrogens (tertiary/aromatic N) is 1. The highest BCUT2D eigenvalue weighted by Gasteiger charge is 2.43. The van der Waals surface area contributed by atoms with E-state index in [1.54, 1.807) is 13.8 Å². The Balaban J connectivity index is 3.38. The Morgan fingerprint density at radius 1 is 0.591 bits per heavy atom. The van der Waals surface area contributed by atoms with Crippen LogP contribution in [0.25, 0.3) is 0 Å². The highest BCUT2D eigenvalue weighted by Crippen LogP contribution is 2.45. The number of unbranched alkanes of at least 4 members (excludes halogenated alkanes) is 1. The van der Waals surface area contributed by atoms with Crippen molar-refractivity contribution < 1.29 is 128 Å². The summed E-state index contributed by atoms with van der Waals surface area (Å²) in [6, 6.07) is -16.4. The number of hydrogen-bond donors (Lipinski definition) is 20. The summed E-state index contributed by atoms with van der Waals surface area (Å²) < 4.78 is 4.58. The average Bonchev–Trinajstić information content (AvgIpc) is 2.61. The van der Waals surface area contributed by atoms with Crippen molar-refractivity contribution in [3.8, 4) is 0 Å². The summed E-state index contributed by atoms with van der Waals surface area (Å²) in [6.45, 7) is 5.20. The van der Waals surface area contributed by atoms with Crippen molar-refractivity contribution in [2.24, 2.45) is 17.6 Å². The molecular formula is C50H87N13O24P+3. The Hall–Kier alpha value is -7.80.